The van der Waals surface area contributed by atoms with Crippen LogP contribution in [0.3, 0.4) is 0 Å². The molecule has 1 saturated carbocycles. The van der Waals surface area contributed by atoms with Crippen molar-refractivity contribution in [3.05, 3.63) is 33.5 Å². The summed E-state index contributed by atoms with van der Waals surface area (Å²) >= 11 is 1.58. The Bertz CT molecular complexity index is 1040. The number of halogens is 4. The Hall–Kier alpha value is -2.50. The highest BCUT2D eigenvalue weighted by Gasteiger charge is 2.29. The van der Waals surface area contributed by atoms with Crippen molar-refractivity contribution in [2.24, 2.45) is 11.1 Å². The van der Waals surface area contributed by atoms with Crippen molar-refractivity contribution in [2.75, 3.05) is 20.2 Å². The van der Waals surface area contributed by atoms with Crippen LogP contribution in [0.4, 0.5) is 17.6 Å². The molecule has 1 aliphatic carbocycles. The Morgan fingerprint density at radius 1 is 1.14 bits per heavy atom. The number of hydrogen-bond donors (Lipinski definition) is 0. The minimum Gasteiger partial charge on any atom is -0.399 e. The van der Waals surface area contributed by atoms with Crippen molar-refractivity contribution >= 4 is 23.0 Å². The van der Waals surface area contributed by atoms with Gasteiger partial charge < -0.3 is 9.74 Å². The third kappa shape index (κ3) is 6.43. The van der Waals surface area contributed by atoms with E-state index in [1.807, 2.05) is 5.38 Å². The van der Waals surface area contributed by atoms with Gasteiger partial charge in [-0.25, -0.2) is 22.5 Å². The van der Waals surface area contributed by atoms with Crippen molar-refractivity contribution in [3.63, 3.8) is 0 Å². The van der Waals surface area contributed by atoms with Gasteiger partial charge >= 0.3 is 0 Å². The van der Waals surface area contributed by atoms with E-state index in [0.29, 0.717) is 42.6 Å². The number of rotatable bonds is 9. The lowest BCUT2D eigenvalue weighted by atomic mass is 9.85. The molecule has 0 radical (unpaired) electrons. The van der Waals surface area contributed by atoms with Crippen LogP contribution in [0, 0.1) is 5.92 Å². The second-order valence-corrected chi connectivity index (χ2v) is 10.3. The van der Waals surface area contributed by atoms with E-state index in [-0.39, 0.29) is 5.92 Å². The zero-order valence-electron chi connectivity index (χ0n) is 20.2. The third-order valence-electron chi connectivity index (χ3n) is 6.98. The number of amides is 1. The first kappa shape index (κ1) is 26.6. The molecule has 0 aromatic carbocycles. The maximum absolute atomic E-state index is 13.2. The minimum absolute atomic E-state index is 0.179. The molecule has 1 amide bonds. The first-order chi connectivity index (χ1) is 17.4. The van der Waals surface area contributed by atoms with Crippen LogP contribution in [0.15, 0.2) is 16.6 Å². The van der Waals surface area contributed by atoms with Gasteiger partial charge in [0.2, 0.25) is 5.91 Å². The van der Waals surface area contributed by atoms with Gasteiger partial charge in [0.15, 0.2) is 0 Å². The highest BCUT2D eigenvalue weighted by atomic mass is 32.1. The fourth-order valence-electron chi connectivity index (χ4n) is 5.04. The molecule has 2 aliphatic rings. The lowest BCUT2D eigenvalue weighted by molar-refractivity contribution is -0.133. The molecular weight excluding hydrogens is 498 g/mol. The van der Waals surface area contributed by atoms with Gasteiger partial charge in [-0.1, -0.05) is 37.3 Å². The molecule has 198 valence electrons. The maximum atomic E-state index is 13.2. The Balaban J connectivity index is 1.34. The first-order valence-electron chi connectivity index (χ1n) is 12.3. The number of oxime groups is 1. The summed E-state index contributed by atoms with van der Waals surface area (Å²) in [4.78, 5) is 24.2. The van der Waals surface area contributed by atoms with Crippen molar-refractivity contribution in [2.45, 2.75) is 76.7 Å². The molecule has 4 rings (SSSR count). The molecular formula is C24H31F4N5O2S. The zero-order valence-corrected chi connectivity index (χ0v) is 21.0. The number of carbonyl (C=O) groups excluding carboxylic acids is 1. The largest absolute Gasteiger partial charge is 0.399 e. The summed E-state index contributed by atoms with van der Waals surface area (Å²) in [5.41, 5.74) is 0.285. The Morgan fingerprint density at radius 3 is 2.50 bits per heavy atom. The number of piperidine rings is 1. The first-order valence-corrected chi connectivity index (χ1v) is 13.2. The fraction of sp³-hybridized carbons (Fsp3) is 0.667. The topological polar surface area (TPSA) is 72.6 Å². The van der Waals surface area contributed by atoms with Crippen molar-refractivity contribution < 1.29 is 27.2 Å². The molecule has 0 atom stereocenters. The molecule has 2 aromatic heterocycles. The van der Waals surface area contributed by atoms with E-state index < -0.39 is 36.7 Å². The van der Waals surface area contributed by atoms with Crippen molar-refractivity contribution in [1.29, 1.82) is 0 Å². The average molecular weight is 530 g/mol. The smallest absolute Gasteiger partial charge is 0.282 e. The van der Waals surface area contributed by atoms with E-state index in [4.69, 9.17) is 9.82 Å². The summed E-state index contributed by atoms with van der Waals surface area (Å²) in [5, 5.41) is 10.8. The van der Waals surface area contributed by atoms with E-state index in [1.165, 1.54) is 32.1 Å². The number of nitrogens with zero attached hydrogens (tertiary/aromatic N) is 5. The number of thiazole rings is 1. The van der Waals surface area contributed by atoms with E-state index in [1.54, 1.807) is 23.3 Å². The average Bonchev–Trinajstić information content (AvgIpc) is 3.53. The molecule has 7 nitrogen and oxygen atoms in total. The quantitative estimate of drug-likeness (QED) is 0.229. The Labute approximate surface area is 211 Å². The second-order valence-electron chi connectivity index (χ2n) is 9.41. The molecule has 3 heterocycles. The molecule has 0 N–H and O–H groups in total. The SMILES string of the molecule is CO/N=C(/CC1CCCCC1)c1csc(C2CCN(C(=O)Cn3nc(C(F)F)cc3C(F)F)CC2)n1. The lowest BCUT2D eigenvalue weighted by Crippen LogP contribution is -2.40. The molecule has 12 heteroatoms. The predicted octanol–water partition coefficient (Wildman–Crippen LogP) is 5.94. The predicted molar refractivity (Wildman–Crippen MR) is 128 cm³/mol. The van der Waals surface area contributed by atoms with Crippen LogP contribution in [0.5, 0.6) is 0 Å². The molecule has 36 heavy (non-hydrogen) atoms. The van der Waals surface area contributed by atoms with Crippen LogP contribution < -0.4 is 0 Å². The maximum Gasteiger partial charge on any atom is 0.282 e. The number of aromatic nitrogens is 3. The van der Waals surface area contributed by atoms with Crippen molar-refractivity contribution in [1.82, 2.24) is 19.7 Å². The molecule has 0 unspecified atom stereocenters. The Morgan fingerprint density at radius 2 is 1.86 bits per heavy atom. The van der Waals surface area contributed by atoms with Crippen LogP contribution in [0.2, 0.25) is 0 Å². The van der Waals surface area contributed by atoms with Gasteiger partial charge in [-0.15, -0.1) is 11.3 Å². The standard InChI is InChI=1S/C24H31F4N5O2S/c1-35-31-17(11-15-5-3-2-4-6-15)19-14-36-24(29-19)16-7-9-32(10-8-16)21(34)13-33-20(23(27)28)12-18(30-33)22(25)26/h12,14-16,22-23H,2-11,13H2,1H3/b31-17-. The normalized spacial score (nSPS) is 18.4. The highest BCUT2D eigenvalue weighted by Crippen LogP contribution is 2.33. The third-order valence-corrected chi connectivity index (χ3v) is 7.99. The van der Waals surface area contributed by atoms with Gasteiger partial charge in [0, 0.05) is 24.4 Å². The van der Waals surface area contributed by atoms with E-state index in [9.17, 15) is 22.4 Å². The van der Waals surface area contributed by atoms with Gasteiger partial charge in [0.25, 0.3) is 12.9 Å². The molecule has 1 aliphatic heterocycles. The van der Waals surface area contributed by atoms with Crippen LogP contribution in [-0.4, -0.2) is 51.5 Å². The second kappa shape index (κ2) is 12.2. The zero-order chi connectivity index (χ0) is 25.7. The van der Waals surface area contributed by atoms with Gasteiger partial charge in [0.1, 0.15) is 30.8 Å². The van der Waals surface area contributed by atoms with Crippen LogP contribution >= 0.6 is 11.3 Å². The number of hydrogen-bond acceptors (Lipinski definition) is 6. The summed E-state index contributed by atoms with van der Waals surface area (Å²) in [6.07, 6.45) is 2.44. The van der Waals surface area contributed by atoms with Crippen LogP contribution in [0.25, 0.3) is 0 Å². The van der Waals surface area contributed by atoms with Gasteiger partial charge in [-0.05, 0) is 31.2 Å². The Kier molecular flexibility index (Phi) is 8.97. The minimum atomic E-state index is -2.99. The molecule has 2 fully saturated rings. The summed E-state index contributed by atoms with van der Waals surface area (Å²) in [6.45, 7) is 0.384. The number of likely N-dealkylation sites (tertiary alicyclic amines) is 1. The molecule has 0 bridgehead atoms. The van der Waals surface area contributed by atoms with Gasteiger partial charge in [-0.2, -0.15) is 5.10 Å². The number of alkyl halides is 4. The molecule has 2 aromatic rings. The van der Waals surface area contributed by atoms with E-state index >= 15 is 0 Å². The highest BCUT2D eigenvalue weighted by molar-refractivity contribution is 7.10. The molecule has 0 spiro atoms. The lowest BCUT2D eigenvalue weighted by Gasteiger charge is -2.31. The summed E-state index contributed by atoms with van der Waals surface area (Å²) in [7, 11) is 1.54. The summed E-state index contributed by atoms with van der Waals surface area (Å²) in [6, 6.07) is 0.657. The van der Waals surface area contributed by atoms with Gasteiger partial charge in [0.05, 0.1) is 10.7 Å². The number of carbonyl (C=O) groups is 1. The molecule has 1 saturated heterocycles. The monoisotopic (exact) mass is 529 g/mol. The van der Waals surface area contributed by atoms with Crippen LogP contribution in [0.1, 0.15) is 92.2 Å². The summed E-state index contributed by atoms with van der Waals surface area (Å²) in [5.74, 6) is 0.364. The van der Waals surface area contributed by atoms with Crippen LogP contribution in [-0.2, 0) is 16.2 Å². The van der Waals surface area contributed by atoms with Crippen molar-refractivity contribution in [3.8, 4) is 0 Å². The van der Waals surface area contributed by atoms with E-state index in [2.05, 4.69) is 10.3 Å². The van der Waals surface area contributed by atoms with Gasteiger partial charge in [-0.3, -0.25) is 9.48 Å². The fourth-order valence-corrected chi connectivity index (χ4v) is 6.04. The summed E-state index contributed by atoms with van der Waals surface area (Å²) < 4.78 is 52.9. The van der Waals surface area contributed by atoms with E-state index in [0.717, 1.165) is 22.8 Å².